The monoisotopic (exact) mass is 250 g/mol. The van der Waals surface area contributed by atoms with Crippen LogP contribution in [-0.4, -0.2) is 44.4 Å². The second-order valence-corrected chi connectivity index (χ2v) is 4.62. The summed E-state index contributed by atoms with van der Waals surface area (Å²) in [6.45, 7) is 4.32. The maximum atomic E-state index is 5.69. The third-order valence-corrected chi connectivity index (χ3v) is 3.30. The fraction of sp³-hybridized carbons (Fsp3) is 0.571. The Bertz CT molecular complexity index is 369. The van der Waals surface area contributed by atoms with Crippen LogP contribution in [0.5, 0.6) is 5.75 Å². The first kappa shape index (κ1) is 13.3. The maximum Gasteiger partial charge on any atom is 0.123 e. The van der Waals surface area contributed by atoms with Crippen LogP contribution in [0.4, 0.5) is 0 Å². The molecule has 1 saturated heterocycles. The summed E-state index contributed by atoms with van der Waals surface area (Å²) in [7, 11) is 1.72. The van der Waals surface area contributed by atoms with Gasteiger partial charge in [-0.3, -0.25) is 4.90 Å². The second kappa shape index (κ2) is 6.73. The van der Waals surface area contributed by atoms with Crippen molar-refractivity contribution in [2.75, 3.05) is 33.4 Å². The van der Waals surface area contributed by atoms with E-state index in [0.717, 1.165) is 38.4 Å². The van der Waals surface area contributed by atoms with Crippen LogP contribution in [0.3, 0.4) is 0 Å². The molecule has 0 spiro atoms. The number of morpholine rings is 1. The summed E-state index contributed by atoms with van der Waals surface area (Å²) >= 11 is 0. The number of methoxy groups -OCH3 is 1. The average Bonchev–Trinajstić information content (AvgIpc) is 2.40. The summed E-state index contributed by atoms with van der Waals surface area (Å²) in [6.07, 6.45) is 1.21. The standard InChI is InChI=1S/C14H22N2O2/c1-17-14-5-3-2-4-12(14)10-16-8-9-18-13(11-16)6-7-15/h2-5,13H,6-11,15H2,1H3. The van der Waals surface area contributed by atoms with Gasteiger partial charge in [0, 0.05) is 25.2 Å². The van der Waals surface area contributed by atoms with Crippen LogP contribution in [0.25, 0.3) is 0 Å². The molecule has 1 heterocycles. The Morgan fingerprint density at radius 2 is 2.28 bits per heavy atom. The Kier molecular flexibility index (Phi) is 4.99. The Hall–Kier alpha value is -1.10. The van der Waals surface area contributed by atoms with Crippen LogP contribution < -0.4 is 10.5 Å². The third-order valence-electron chi connectivity index (χ3n) is 3.30. The first-order valence-electron chi connectivity index (χ1n) is 6.49. The van der Waals surface area contributed by atoms with Gasteiger partial charge in [-0.1, -0.05) is 18.2 Å². The van der Waals surface area contributed by atoms with Gasteiger partial charge in [0.1, 0.15) is 5.75 Å². The predicted octanol–water partition coefficient (Wildman–Crippen LogP) is 1.24. The zero-order chi connectivity index (χ0) is 12.8. The normalized spacial score (nSPS) is 20.9. The number of ether oxygens (including phenoxy) is 2. The lowest BCUT2D eigenvalue weighted by Crippen LogP contribution is -2.42. The molecule has 2 rings (SSSR count). The van der Waals surface area contributed by atoms with Crippen LogP contribution >= 0.6 is 0 Å². The smallest absolute Gasteiger partial charge is 0.123 e. The highest BCUT2D eigenvalue weighted by molar-refractivity contribution is 5.33. The second-order valence-electron chi connectivity index (χ2n) is 4.62. The van der Waals surface area contributed by atoms with Crippen molar-refractivity contribution in [1.29, 1.82) is 0 Å². The van der Waals surface area contributed by atoms with E-state index in [2.05, 4.69) is 17.0 Å². The lowest BCUT2D eigenvalue weighted by atomic mass is 10.1. The molecule has 4 nitrogen and oxygen atoms in total. The molecule has 0 amide bonds. The van der Waals surface area contributed by atoms with Crippen LogP contribution in [0.15, 0.2) is 24.3 Å². The van der Waals surface area contributed by atoms with Crippen molar-refractivity contribution in [2.24, 2.45) is 5.73 Å². The molecule has 4 heteroatoms. The Labute approximate surface area is 109 Å². The molecule has 1 aromatic carbocycles. The lowest BCUT2D eigenvalue weighted by Gasteiger charge is -2.33. The van der Waals surface area contributed by atoms with Gasteiger partial charge in [-0.05, 0) is 19.0 Å². The molecule has 1 aliphatic rings. The summed E-state index contributed by atoms with van der Waals surface area (Å²) in [6, 6.07) is 8.17. The molecule has 1 fully saturated rings. The van der Waals surface area contributed by atoms with Gasteiger partial charge in [0.05, 0.1) is 19.8 Å². The molecule has 0 bridgehead atoms. The number of hydrogen-bond donors (Lipinski definition) is 1. The van der Waals surface area contributed by atoms with Gasteiger partial charge in [0.15, 0.2) is 0 Å². The Morgan fingerprint density at radius 1 is 1.44 bits per heavy atom. The van der Waals surface area contributed by atoms with E-state index in [9.17, 15) is 0 Å². The van der Waals surface area contributed by atoms with Crippen LogP contribution in [-0.2, 0) is 11.3 Å². The third kappa shape index (κ3) is 3.45. The van der Waals surface area contributed by atoms with Crippen LogP contribution in [0, 0.1) is 0 Å². The van der Waals surface area contributed by atoms with Crippen LogP contribution in [0.2, 0.25) is 0 Å². The van der Waals surface area contributed by atoms with E-state index in [1.807, 2.05) is 12.1 Å². The molecule has 1 aromatic rings. The summed E-state index contributed by atoms with van der Waals surface area (Å²) < 4.78 is 11.1. The number of rotatable bonds is 5. The minimum absolute atomic E-state index is 0.276. The summed E-state index contributed by atoms with van der Waals surface area (Å²) in [5.74, 6) is 0.958. The minimum atomic E-state index is 0.276. The highest BCUT2D eigenvalue weighted by atomic mass is 16.5. The number of hydrogen-bond acceptors (Lipinski definition) is 4. The summed E-state index contributed by atoms with van der Waals surface area (Å²) in [5.41, 5.74) is 6.81. The molecule has 18 heavy (non-hydrogen) atoms. The number of nitrogens with zero attached hydrogens (tertiary/aromatic N) is 1. The Morgan fingerprint density at radius 3 is 3.06 bits per heavy atom. The number of nitrogens with two attached hydrogens (primary N) is 1. The van der Waals surface area contributed by atoms with Crippen molar-refractivity contribution >= 4 is 0 Å². The Balaban J connectivity index is 1.96. The van der Waals surface area contributed by atoms with Crippen molar-refractivity contribution in [3.05, 3.63) is 29.8 Å². The fourth-order valence-electron chi connectivity index (χ4n) is 2.36. The topological polar surface area (TPSA) is 47.7 Å². The molecule has 2 N–H and O–H groups in total. The van der Waals surface area contributed by atoms with Gasteiger partial charge in [-0.25, -0.2) is 0 Å². The molecular weight excluding hydrogens is 228 g/mol. The van der Waals surface area contributed by atoms with E-state index < -0.39 is 0 Å². The van der Waals surface area contributed by atoms with E-state index in [4.69, 9.17) is 15.2 Å². The largest absolute Gasteiger partial charge is 0.496 e. The highest BCUT2D eigenvalue weighted by Crippen LogP contribution is 2.20. The summed E-state index contributed by atoms with van der Waals surface area (Å²) in [4.78, 5) is 2.40. The average molecular weight is 250 g/mol. The van der Waals surface area contributed by atoms with Gasteiger partial charge < -0.3 is 15.2 Å². The van der Waals surface area contributed by atoms with Crippen molar-refractivity contribution in [2.45, 2.75) is 19.1 Å². The van der Waals surface area contributed by atoms with E-state index in [-0.39, 0.29) is 6.10 Å². The SMILES string of the molecule is COc1ccccc1CN1CCOC(CCN)C1. The molecule has 1 aliphatic heterocycles. The first-order valence-corrected chi connectivity index (χ1v) is 6.49. The van der Waals surface area contributed by atoms with Gasteiger partial charge in [-0.15, -0.1) is 0 Å². The summed E-state index contributed by atoms with van der Waals surface area (Å²) in [5, 5.41) is 0. The highest BCUT2D eigenvalue weighted by Gasteiger charge is 2.20. The minimum Gasteiger partial charge on any atom is -0.496 e. The zero-order valence-corrected chi connectivity index (χ0v) is 11.0. The van der Waals surface area contributed by atoms with Gasteiger partial charge in [-0.2, -0.15) is 0 Å². The molecule has 0 aliphatic carbocycles. The molecule has 1 atom stereocenters. The molecule has 1 unspecified atom stereocenters. The zero-order valence-electron chi connectivity index (χ0n) is 11.0. The lowest BCUT2D eigenvalue weighted by molar-refractivity contribution is -0.0336. The van der Waals surface area contributed by atoms with Gasteiger partial charge >= 0.3 is 0 Å². The fourth-order valence-corrected chi connectivity index (χ4v) is 2.36. The van der Waals surface area contributed by atoms with Gasteiger partial charge in [0.25, 0.3) is 0 Å². The quantitative estimate of drug-likeness (QED) is 0.854. The first-order chi connectivity index (χ1) is 8.83. The molecular formula is C14H22N2O2. The van der Waals surface area contributed by atoms with E-state index in [0.29, 0.717) is 6.54 Å². The van der Waals surface area contributed by atoms with E-state index in [1.165, 1.54) is 5.56 Å². The van der Waals surface area contributed by atoms with Gasteiger partial charge in [0.2, 0.25) is 0 Å². The molecule has 0 radical (unpaired) electrons. The predicted molar refractivity (Wildman–Crippen MR) is 71.7 cm³/mol. The molecule has 0 aromatic heterocycles. The number of para-hydroxylation sites is 1. The van der Waals surface area contributed by atoms with Crippen molar-refractivity contribution in [3.63, 3.8) is 0 Å². The van der Waals surface area contributed by atoms with Crippen LogP contribution in [0.1, 0.15) is 12.0 Å². The van der Waals surface area contributed by atoms with Crippen molar-refractivity contribution < 1.29 is 9.47 Å². The number of benzene rings is 1. The van der Waals surface area contributed by atoms with Crippen molar-refractivity contribution in [1.82, 2.24) is 4.90 Å². The molecule has 100 valence electrons. The van der Waals surface area contributed by atoms with Crippen molar-refractivity contribution in [3.8, 4) is 5.75 Å². The molecule has 0 saturated carbocycles. The van der Waals surface area contributed by atoms with E-state index >= 15 is 0 Å². The van der Waals surface area contributed by atoms with E-state index in [1.54, 1.807) is 7.11 Å². The maximum absolute atomic E-state index is 5.69.